The second-order valence-electron chi connectivity index (χ2n) is 4.05. The Labute approximate surface area is 87.1 Å². The van der Waals surface area contributed by atoms with Crippen LogP contribution in [0.3, 0.4) is 0 Å². The maximum atomic E-state index is 6.12. The smallest absolute Gasteiger partial charge is 0.0659 e. The van der Waals surface area contributed by atoms with E-state index >= 15 is 0 Å². The number of halogens is 1. The molecule has 1 saturated carbocycles. The van der Waals surface area contributed by atoms with Crippen molar-refractivity contribution in [2.45, 2.75) is 18.4 Å². The van der Waals surface area contributed by atoms with E-state index in [-0.39, 0.29) is 5.54 Å². The summed E-state index contributed by atoms with van der Waals surface area (Å²) in [5.41, 5.74) is 8.34. The molecule has 1 fully saturated rings. The maximum absolute atomic E-state index is 6.12. The second-order valence-corrected chi connectivity index (χ2v) is 4.46. The molecule has 0 aliphatic heterocycles. The molecule has 14 heavy (non-hydrogen) atoms. The number of H-pyrrole nitrogens is 1. The van der Waals surface area contributed by atoms with Crippen LogP contribution in [-0.2, 0) is 5.54 Å². The van der Waals surface area contributed by atoms with Crippen LogP contribution in [0, 0.1) is 0 Å². The molecule has 1 aliphatic rings. The maximum Gasteiger partial charge on any atom is 0.0659 e. The van der Waals surface area contributed by atoms with E-state index in [0.29, 0.717) is 0 Å². The van der Waals surface area contributed by atoms with Crippen LogP contribution in [-0.4, -0.2) is 4.98 Å². The van der Waals surface area contributed by atoms with Gasteiger partial charge in [-0.05, 0) is 24.5 Å². The summed E-state index contributed by atoms with van der Waals surface area (Å²) in [7, 11) is 0. The minimum Gasteiger partial charge on any atom is -0.360 e. The van der Waals surface area contributed by atoms with Crippen LogP contribution in [0.2, 0.25) is 5.02 Å². The highest BCUT2D eigenvalue weighted by Crippen LogP contribution is 2.43. The van der Waals surface area contributed by atoms with Crippen molar-refractivity contribution >= 4 is 22.5 Å². The first-order chi connectivity index (χ1) is 6.69. The van der Waals surface area contributed by atoms with Crippen LogP contribution in [0.15, 0.2) is 24.4 Å². The zero-order chi connectivity index (χ0) is 9.76. The number of aromatic amines is 1. The third-order valence-corrected chi connectivity index (χ3v) is 3.31. The predicted octanol–water partition coefficient (Wildman–Crippen LogP) is 2.77. The van der Waals surface area contributed by atoms with E-state index in [1.165, 1.54) is 5.56 Å². The molecule has 0 bridgehead atoms. The van der Waals surface area contributed by atoms with Crippen LogP contribution in [0.4, 0.5) is 0 Å². The van der Waals surface area contributed by atoms with Gasteiger partial charge in [-0.25, -0.2) is 0 Å². The molecular formula is C11H11ClN2. The average Bonchev–Trinajstić information content (AvgIpc) is 2.84. The molecule has 0 atom stereocenters. The SMILES string of the molecule is NC1(c2ccc3c(Cl)c[nH]c3c2)CC1. The number of fused-ring (bicyclic) bond motifs is 1. The summed E-state index contributed by atoms with van der Waals surface area (Å²) in [4.78, 5) is 3.14. The Balaban J connectivity index is 2.21. The van der Waals surface area contributed by atoms with Crippen molar-refractivity contribution in [2.75, 3.05) is 0 Å². The van der Waals surface area contributed by atoms with Gasteiger partial charge in [0.1, 0.15) is 0 Å². The number of nitrogens with two attached hydrogens (primary N) is 1. The topological polar surface area (TPSA) is 41.8 Å². The molecular weight excluding hydrogens is 196 g/mol. The predicted molar refractivity (Wildman–Crippen MR) is 58.4 cm³/mol. The molecule has 0 saturated heterocycles. The zero-order valence-corrected chi connectivity index (χ0v) is 8.43. The molecule has 2 nitrogen and oxygen atoms in total. The first-order valence-electron chi connectivity index (χ1n) is 4.75. The van der Waals surface area contributed by atoms with Gasteiger partial charge in [0.05, 0.1) is 5.02 Å². The van der Waals surface area contributed by atoms with Crippen LogP contribution in [0.1, 0.15) is 18.4 Å². The van der Waals surface area contributed by atoms with Crippen molar-refractivity contribution in [3.05, 3.63) is 35.0 Å². The Morgan fingerprint density at radius 1 is 1.36 bits per heavy atom. The fourth-order valence-corrected chi connectivity index (χ4v) is 2.04. The fourth-order valence-electron chi connectivity index (χ4n) is 1.82. The van der Waals surface area contributed by atoms with E-state index in [9.17, 15) is 0 Å². The summed E-state index contributed by atoms with van der Waals surface area (Å²) < 4.78 is 0. The van der Waals surface area contributed by atoms with Gasteiger partial charge in [0.25, 0.3) is 0 Å². The molecule has 0 unspecified atom stereocenters. The summed E-state index contributed by atoms with van der Waals surface area (Å²) in [5.74, 6) is 0. The van der Waals surface area contributed by atoms with E-state index in [2.05, 4.69) is 17.1 Å². The van der Waals surface area contributed by atoms with Gasteiger partial charge in [-0.15, -0.1) is 0 Å². The number of hydrogen-bond donors (Lipinski definition) is 2. The Hall–Kier alpha value is -0.990. The highest BCUT2D eigenvalue weighted by Gasteiger charge is 2.39. The second kappa shape index (κ2) is 2.53. The lowest BCUT2D eigenvalue weighted by atomic mass is 10.0. The van der Waals surface area contributed by atoms with Gasteiger partial charge in [-0.2, -0.15) is 0 Å². The highest BCUT2D eigenvalue weighted by molar-refractivity contribution is 6.35. The molecule has 3 rings (SSSR count). The minimum absolute atomic E-state index is 0.0637. The monoisotopic (exact) mass is 206 g/mol. The zero-order valence-electron chi connectivity index (χ0n) is 7.68. The Bertz CT molecular complexity index is 497. The molecule has 0 radical (unpaired) electrons. The molecule has 0 amide bonds. The molecule has 1 aliphatic carbocycles. The highest BCUT2D eigenvalue weighted by atomic mass is 35.5. The molecule has 0 spiro atoms. The standard InChI is InChI=1S/C11H11ClN2/c12-9-6-14-10-5-7(1-2-8(9)10)11(13)3-4-11/h1-2,5-6,14H,3-4,13H2. The number of benzene rings is 1. The van der Waals surface area contributed by atoms with Crippen LogP contribution < -0.4 is 5.73 Å². The lowest BCUT2D eigenvalue weighted by Crippen LogP contribution is -2.18. The first kappa shape index (κ1) is 8.33. The Morgan fingerprint density at radius 3 is 2.86 bits per heavy atom. The lowest BCUT2D eigenvalue weighted by Gasteiger charge is -2.08. The molecule has 2 aromatic rings. The molecule has 3 N–H and O–H groups in total. The van der Waals surface area contributed by atoms with Gasteiger partial charge in [0.2, 0.25) is 0 Å². The van der Waals surface area contributed by atoms with Crippen molar-refractivity contribution in [2.24, 2.45) is 5.73 Å². The van der Waals surface area contributed by atoms with E-state index in [0.717, 1.165) is 28.8 Å². The van der Waals surface area contributed by atoms with E-state index in [1.54, 1.807) is 0 Å². The van der Waals surface area contributed by atoms with Crippen molar-refractivity contribution in [3.8, 4) is 0 Å². The van der Waals surface area contributed by atoms with Crippen molar-refractivity contribution < 1.29 is 0 Å². The number of rotatable bonds is 1. The van der Waals surface area contributed by atoms with Gasteiger partial charge in [0.15, 0.2) is 0 Å². The van der Waals surface area contributed by atoms with Gasteiger partial charge >= 0.3 is 0 Å². The molecule has 1 aromatic carbocycles. The fraction of sp³-hybridized carbons (Fsp3) is 0.273. The van der Waals surface area contributed by atoms with Gasteiger partial charge in [-0.1, -0.05) is 23.7 Å². The normalized spacial score (nSPS) is 18.7. The van der Waals surface area contributed by atoms with E-state index in [4.69, 9.17) is 17.3 Å². The molecule has 3 heteroatoms. The van der Waals surface area contributed by atoms with Crippen molar-refractivity contribution in [1.82, 2.24) is 4.98 Å². The summed E-state index contributed by atoms with van der Waals surface area (Å²) in [6.07, 6.45) is 3.99. The third-order valence-electron chi connectivity index (χ3n) is 2.99. The largest absolute Gasteiger partial charge is 0.360 e. The number of nitrogens with one attached hydrogen (secondary N) is 1. The number of hydrogen-bond acceptors (Lipinski definition) is 1. The van der Waals surface area contributed by atoms with Gasteiger partial charge in [0, 0.05) is 22.6 Å². The summed E-state index contributed by atoms with van der Waals surface area (Å²) in [6, 6.07) is 6.22. The Kier molecular flexibility index (Phi) is 1.50. The summed E-state index contributed by atoms with van der Waals surface area (Å²) >= 11 is 5.99. The quantitative estimate of drug-likeness (QED) is 0.740. The van der Waals surface area contributed by atoms with Crippen LogP contribution in [0.5, 0.6) is 0 Å². The average molecular weight is 207 g/mol. The molecule has 1 heterocycles. The number of aromatic nitrogens is 1. The summed E-state index contributed by atoms with van der Waals surface area (Å²) in [6.45, 7) is 0. The molecule has 1 aromatic heterocycles. The minimum atomic E-state index is -0.0637. The Morgan fingerprint density at radius 2 is 2.14 bits per heavy atom. The van der Waals surface area contributed by atoms with Gasteiger partial charge < -0.3 is 10.7 Å². The van der Waals surface area contributed by atoms with E-state index < -0.39 is 0 Å². The summed E-state index contributed by atoms with van der Waals surface area (Å²) in [5, 5.41) is 1.84. The first-order valence-corrected chi connectivity index (χ1v) is 5.13. The van der Waals surface area contributed by atoms with Gasteiger partial charge in [-0.3, -0.25) is 0 Å². The van der Waals surface area contributed by atoms with Crippen LogP contribution in [0.25, 0.3) is 10.9 Å². The van der Waals surface area contributed by atoms with Crippen LogP contribution >= 0.6 is 11.6 Å². The van der Waals surface area contributed by atoms with E-state index in [1.807, 2.05) is 12.3 Å². The third kappa shape index (κ3) is 1.08. The molecule has 72 valence electrons. The lowest BCUT2D eigenvalue weighted by molar-refractivity contribution is 0.741. The van der Waals surface area contributed by atoms with Crippen molar-refractivity contribution in [3.63, 3.8) is 0 Å². The van der Waals surface area contributed by atoms with Crippen molar-refractivity contribution in [1.29, 1.82) is 0 Å².